The van der Waals surface area contributed by atoms with Crippen LogP contribution in [-0.4, -0.2) is 33.3 Å². The average molecular weight is 312 g/mol. The summed E-state index contributed by atoms with van der Waals surface area (Å²) >= 11 is 0. The van der Waals surface area contributed by atoms with Crippen LogP contribution in [0.15, 0.2) is 22.9 Å². The van der Waals surface area contributed by atoms with Crippen LogP contribution in [0, 0.1) is 0 Å². The van der Waals surface area contributed by atoms with Crippen molar-refractivity contribution in [3.05, 3.63) is 24.2 Å². The fraction of sp³-hybridized carbons (Fsp3) is 0.588. The lowest BCUT2D eigenvalue weighted by atomic mass is 9.89. The zero-order chi connectivity index (χ0) is 15.2. The summed E-state index contributed by atoms with van der Waals surface area (Å²) in [5, 5.41) is 7.74. The summed E-state index contributed by atoms with van der Waals surface area (Å²) in [5.74, 6) is 2.49. The van der Waals surface area contributed by atoms with Gasteiger partial charge in [0.15, 0.2) is 0 Å². The summed E-state index contributed by atoms with van der Waals surface area (Å²) in [4.78, 5) is 8.97. The molecule has 0 radical (unpaired) electrons. The van der Waals surface area contributed by atoms with Gasteiger partial charge in [0.2, 0.25) is 11.7 Å². The number of pyridine rings is 1. The monoisotopic (exact) mass is 312 g/mol. The van der Waals surface area contributed by atoms with E-state index in [4.69, 9.17) is 9.26 Å². The van der Waals surface area contributed by atoms with Crippen molar-refractivity contribution in [3.63, 3.8) is 0 Å². The molecular weight excluding hydrogens is 292 g/mol. The van der Waals surface area contributed by atoms with Gasteiger partial charge in [0.1, 0.15) is 11.4 Å². The molecule has 23 heavy (non-hydrogen) atoms. The van der Waals surface area contributed by atoms with E-state index >= 15 is 0 Å². The highest BCUT2D eigenvalue weighted by Crippen LogP contribution is 2.39. The fourth-order valence-corrected chi connectivity index (χ4v) is 3.87. The Labute approximate surface area is 134 Å². The van der Waals surface area contributed by atoms with Crippen molar-refractivity contribution in [1.82, 2.24) is 20.4 Å². The average Bonchev–Trinajstić information content (AvgIpc) is 3.26. The van der Waals surface area contributed by atoms with E-state index in [1.165, 1.54) is 19.3 Å². The first-order valence-electron chi connectivity index (χ1n) is 8.58. The van der Waals surface area contributed by atoms with Gasteiger partial charge in [-0.15, -0.1) is 0 Å². The maximum Gasteiger partial charge on any atom is 0.231 e. The number of hydrogen-bond acceptors (Lipinski definition) is 6. The van der Waals surface area contributed by atoms with E-state index in [1.54, 1.807) is 6.20 Å². The minimum Gasteiger partial charge on any atom is -0.490 e. The summed E-state index contributed by atoms with van der Waals surface area (Å²) in [6, 6.07) is 4.92. The normalized spacial score (nSPS) is 29.7. The van der Waals surface area contributed by atoms with Gasteiger partial charge < -0.3 is 14.6 Å². The van der Waals surface area contributed by atoms with E-state index in [2.05, 4.69) is 20.4 Å². The van der Waals surface area contributed by atoms with Gasteiger partial charge in [-0.3, -0.25) is 4.98 Å². The van der Waals surface area contributed by atoms with E-state index in [1.807, 2.05) is 12.1 Å². The second-order valence-electron chi connectivity index (χ2n) is 6.89. The van der Waals surface area contributed by atoms with Gasteiger partial charge in [0.05, 0.1) is 12.0 Å². The number of aromatic nitrogens is 3. The zero-order valence-corrected chi connectivity index (χ0v) is 12.9. The summed E-state index contributed by atoms with van der Waals surface area (Å²) in [5.41, 5.74) is 0.716. The second-order valence-corrected chi connectivity index (χ2v) is 6.89. The molecule has 0 unspecified atom stereocenters. The van der Waals surface area contributed by atoms with Gasteiger partial charge in [-0.25, -0.2) is 0 Å². The lowest BCUT2D eigenvalue weighted by Crippen LogP contribution is -2.24. The van der Waals surface area contributed by atoms with E-state index in [-0.39, 0.29) is 0 Å². The molecule has 3 aliphatic rings. The Morgan fingerprint density at radius 3 is 2.91 bits per heavy atom. The molecule has 0 spiro atoms. The Hall–Kier alpha value is -1.95. The van der Waals surface area contributed by atoms with Crippen molar-refractivity contribution in [2.45, 2.75) is 62.6 Å². The lowest BCUT2D eigenvalue weighted by molar-refractivity contribution is 0.120. The predicted molar refractivity (Wildman–Crippen MR) is 83.1 cm³/mol. The highest BCUT2D eigenvalue weighted by Gasteiger charge is 2.42. The van der Waals surface area contributed by atoms with Crippen molar-refractivity contribution >= 4 is 0 Å². The van der Waals surface area contributed by atoms with Gasteiger partial charge in [-0.05, 0) is 44.6 Å². The van der Waals surface area contributed by atoms with E-state index in [9.17, 15) is 0 Å². The summed E-state index contributed by atoms with van der Waals surface area (Å²) in [6.07, 6.45) is 9.21. The third kappa shape index (κ3) is 2.41. The van der Waals surface area contributed by atoms with E-state index in [0.717, 1.165) is 30.9 Å². The molecule has 2 saturated heterocycles. The molecule has 6 nitrogen and oxygen atoms in total. The number of fused-ring (bicyclic) bond motifs is 2. The third-order valence-electron chi connectivity index (χ3n) is 5.37. The number of ether oxygens (including phenoxy) is 1. The summed E-state index contributed by atoms with van der Waals surface area (Å²) < 4.78 is 11.5. The van der Waals surface area contributed by atoms with Crippen LogP contribution in [-0.2, 0) is 0 Å². The first-order chi connectivity index (χ1) is 11.3. The first-order valence-corrected chi connectivity index (χ1v) is 8.58. The quantitative estimate of drug-likeness (QED) is 0.935. The molecule has 120 valence electrons. The Kier molecular flexibility index (Phi) is 3.11. The van der Waals surface area contributed by atoms with Gasteiger partial charge in [-0.1, -0.05) is 5.16 Å². The van der Waals surface area contributed by atoms with Crippen LogP contribution in [0.1, 0.15) is 50.3 Å². The van der Waals surface area contributed by atoms with Crippen LogP contribution in [0.3, 0.4) is 0 Å². The summed E-state index contributed by atoms with van der Waals surface area (Å²) in [6.45, 7) is 0. The first kappa shape index (κ1) is 13.5. The van der Waals surface area contributed by atoms with Crippen molar-refractivity contribution in [2.75, 3.05) is 0 Å². The van der Waals surface area contributed by atoms with E-state index < -0.39 is 0 Å². The molecule has 4 heterocycles. The number of nitrogens with zero attached hydrogens (tertiary/aromatic N) is 3. The predicted octanol–water partition coefficient (Wildman–Crippen LogP) is 2.67. The zero-order valence-electron chi connectivity index (χ0n) is 12.9. The van der Waals surface area contributed by atoms with Crippen molar-refractivity contribution in [3.8, 4) is 17.3 Å². The molecule has 3 atom stereocenters. The molecular formula is C17H20N4O2. The SMILES string of the molecule is c1cc(OC2CCC2)cc(-c2noc([C@@H]3C[C@@H]4CC[C@H]3N4)n2)n1. The minimum atomic E-state index is 0.351. The molecule has 2 bridgehead atoms. The van der Waals surface area contributed by atoms with Gasteiger partial charge >= 0.3 is 0 Å². The van der Waals surface area contributed by atoms with Crippen molar-refractivity contribution < 1.29 is 9.26 Å². The van der Waals surface area contributed by atoms with E-state index in [0.29, 0.717) is 35.6 Å². The number of rotatable bonds is 4. The second kappa shape index (κ2) is 5.30. The largest absolute Gasteiger partial charge is 0.490 e. The molecule has 2 aliphatic heterocycles. The number of hydrogen-bond donors (Lipinski definition) is 1. The van der Waals surface area contributed by atoms with Crippen LogP contribution in [0.4, 0.5) is 0 Å². The molecule has 2 aromatic rings. The standard InChI is InChI=1S/C17H20N4O2/c1-2-11(3-1)22-12-6-7-18-15(9-12)16-20-17(23-21-16)13-8-10-4-5-14(13)19-10/h6-7,9-11,13-14,19H,1-5,8H2/t10-,13+,14+/m0/s1. The van der Waals surface area contributed by atoms with Crippen LogP contribution < -0.4 is 10.1 Å². The molecule has 1 N–H and O–H groups in total. The van der Waals surface area contributed by atoms with Crippen LogP contribution in [0.2, 0.25) is 0 Å². The minimum absolute atomic E-state index is 0.351. The highest BCUT2D eigenvalue weighted by atomic mass is 16.5. The molecule has 2 aromatic heterocycles. The highest BCUT2D eigenvalue weighted by molar-refractivity contribution is 5.51. The van der Waals surface area contributed by atoms with Gasteiger partial charge in [-0.2, -0.15) is 4.98 Å². The van der Waals surface area contributed by atoms with Crippen molar-refractivity contribution in [1.29, 1.82) is 0 Å². The molecule has 0 amide bonds. The molecule has 3 fully saturated rings. The maximum atomic E-state index is 5.92. The van der Waals surface area contributed by atoms with Crippen LogP contribution in [0.25, 0.3) is 11.5 Å². The molecule has 6 heteroatoms. The Balaban J connectivity index is 1.36. The fourth-order valence-electron chi connectivity index (χ4n) is 3.87. The van der Waals surface area contributed by atoms with Crippen LogP contribution >= 0.6 is 0 Å². The smallest absolute Gasteiger partial charge is 0.231 e. The maximum absolute atomic E-state index is 5.92. The molecule has 1 aliphatic carbocycles. The van der Waals surface area contributed by atoms with Gasteiger partial charge in [0.25, 0.3) is 0 Å². The summed E-state index contributed by atoms with van der Waals surface area (Å²) in [7, 11) is 0. The number of nitrogens with one attached hydrogen (secondary N) is 1. The molecule has 0 aromatic carbocycles. The third-order valence-corrected chi connectivity index (χ3v) is 5.37. The molecule has 5 rings (SSSR count). The Morgan fingerprint density at radius 1 is 1.22 bits per heavy atom. The van der Waals surface area contributed by atoms with Gasteiger partial charge in [0, 0.05) is 24.3 Å². The Bertz CT molecular complexity index is 712. The lowest BCUT2D eigenvalue weighted by Gasteiger charge is -2.26. The topological polar surface area (TPSA) is 73.1 Å². The van der Waals surface area contributed by atoms with Crippen molar-refractivity contribution in [2.24, 2.45) is 0 Å². The van der Waals surface area contributed by atoms with Crippen LogP contribution in [0.5, 0.6) is 5.75 Å². The Morgan fingerprint density at radius 2 is 2.17 bits per heavy atom. The molecule has 1 saturated carbocycles.